The molecule has 0 aliphatic heterocycles. The molecule has 0 saturated carbocycles. The molecule has 0 spiro atoms. The highest BCUT2D eigenvalue weighted by Crippen LogP contribution is 2.39. The first-order valence-electron chi connectivity index (χ1n) is 6.04. The van der Waals surface area contributed by atoms with Gasteiger partial charge in [0.25, 0.3) is 0 Å². The van der Waals surface area contributed by atoms with Gasteiger partial charge >= 0.3 is 0 Å². The second kappa shape index (κ2) is 5.28. The Morgan fingerprint density at radius 1 is 1.00 bits per heavy atom. The monoisotopic (exact) mass is 350 g/mol. The van der Waals surface area contributed by atoms with E-state index in [1.165, 1.54) is 26.8 Å². The molecule has 0 radical (unpaired) electrons. The van der Waals surface area contributed by atoms with Crippen molar-refractivity contribution in [3.8, 4) is 0 Å². The maximum atomic E-state index is 6.67. The van der Waals surface area contributed by atoms with Crippen molar-refractivity contribution >= 4 is 49.6 Å². The quantitative estimate of drug-likeness (QED) is 0.475. The summed E-state index contributed by atoms with van der Waals surface area (Å²) in [6.07, 6.45) is 0. The summed E-state index contributed by atoms with van der Waals surface area (Å²) in [4.78, 5) is 1.17. The van der Waals surface area contributed by atoms with Crippen molar-refractivity contribution in [1.29, 1.82) is 0 Å². The molecule has 0 aliphatic carbocycles. The number of halogens is 2. The number of alkyl halides is 1. The molecule has 1 aromatic heterocycles. The molecule has 3 aromatic rings. The molecule has 1 unspecified atom stereocenters. The Labute approximate surface area is 130 Å². The minimum Gasteiger partial charge on any atom is -0.131 e. The summed E-state index contributed by atoms with van der Waals surface area (Å²) in [6, 6.07) is 16.9. The van der Waals surface area contributed by atoms with Crippen LogP contribution in [0, 0.1) is 6.92 Å². The van der Waals surface area contributed by atoms with Crippen LogP contribution in [0.5, 0.6) is 0 Å². The average molecular weight is 352 g/mol. The second-order valence-electron chi connectivity index (χ2n) is 4.52. The highest BCUT2D eigenvalue weighted by atomic mass is 79.9. The highest BCUT2D eigenvalue weighted by Gasteiger charge is 2.16. The molecule has 96 valence electrons. The van der Waals surface area contributed by atoms with Gasteiger partial charge in [0, 0.05) is 4.88 Å². The summed E-state index contributed by atoms with van der Waals surface area (Å²) in [5.41, 5.74) is 2.47. The van der Waals surface area contributed by atoms with E-state index in [2.05, 4.69) is 65.3 Å². The topological polar surface area (TPSA) is 0 Å². The highest BCUT2D eigenvalue weighted by molar-refractivity contribution is 9.11. The number of benzene rings is 2. The van der Waals surface area contributed by atoms with Gasteiger partial charge in [0.1, 0.15) is 0 Å². The molecule has 0 aliphatic rings. The molecule has 2 aromatic carbocycles. The lowest BCUT2D eigenvalue weighted by atomic mass is 9.98. The van der Waals surface area contributed by atoms with Gasteiger partial charge in [0.15, 0.2) is 0 Å². The van der Waals surface area contributed by atoms with Crippen molar-refractivity contribution in [2.75, 3.05) is 0 Å². The Morgan fingerprint density at radius 3 is 2.42 bits per heavy atom. The van der Waals surface area contributed by atoms with E-state index >= 15 is 0 Å². The van der Waals surface area contributed by atoms with Gasteiger partial charge in [0.2, 0.25) is 0 Å². The third kappa shape index (κ3) is 2.45. The molecule has 0 saturated heterocycles. The van der Waals surface area contributed by atoms with E-state index in [0.29, 0.717) is 0 Å². The lowest BCUT2D eigenvalue weighted by Crippen LogP contribution is -1.93. The van der Waals surface area contributed by atoms with Crippen LogP contribution in [-0.2, 0) is 0 Å². The van der Waals surface area contributed by atoms with Gasteiger partial charge in [-0.3, -0.25) is 0 Å². The van der Waals surface area contributed by atoms with Crippen molar-refractivity contribution in [2.45, 2.75) is 12.3 Å². The number of hydrogen-bond donors (Lipinski definition) is 0. The van der Waals surface area contributed by atoms with Gasteiger partial charge in [-0.1, -0.05) is 36.4 Å². The van der Waals surface area contributed by atoms with Crippen LogP contribution in [-0.4, -0.2) is 0 Å². The molecule has 0 nitrogen and oxygen atoms in total. The lowest BCUT2D eigenvalue weighted by Gasteiger charge is -2.13. The Hall–Kier alpha value is -0.830. The zero-order valence-corrected chi connectivity index (χ0v) is 13.5. The molecule has 0 fully saturated rings. The van der Waals surface area contributed by atoms with Crippen LogP contribution in [0.25, 0.3) is 10.8 Å². The predicted molar refractivity (Wildman–Crippen MR) is 88.4 cm³/mol. The summed E-state index contributed by atoms with van der Waals surface area (Å²) < 4.78 is 1.12. The first kappa shape index (κ1) is 13.2. The number of aryl methyl sites for hydroxylation is 1. The SMILES string of the molecule is Cc1ccc(C(Cl)c2ccc(Br)s2)c2ccccc12. The smallest absolute Gasteiger partial charge is 0.0934 e. The van der Waals surface area contributed by atoms with Crippen molar-refractivity contribution in [3.05, 3.63) is 68.3 Å². The average Bonchev–Trinajstić information content (AvgIpc) is 2.86. The number of rotatable bonds is 2. The predicted octanol–water partition coefficient (Wildman–Crippen LogP) is 6.30. The molecule has 1 heterocycles. The molecular weight excluding hydrogens is 340 g/mol. The summed E-state index contributed by atoms with van der Waals surface area (Å²) in [5.74, 6) is 0. The molecule has 0 amide bonds. The van der Waals surface area contributed by atoms with Crippen molar-refractivity contribution in [3.63, 3.8) is 0 Å². The zero-order chi connectivity index (χ0) is 13.4. The maximum absolute atomic E-state index is 6.67. The second-order valence-corrected chi connectivity index (χ2v) is 7.45. The number of thiophene rings is 1. The fourth-order valence-corrected chi connectivity index (χ4v) is 4.13. The Morgan fingerprint density at radius 2 is 1.74 bits per heavy atom. The van der Waals surface area contributed by atoms with E-state index in [-0.39, 0.29) is 5.38 Å². The van der Waals surface area contributed by atoms with E-state index in [0.717, 1.165) is 3.79 Å². The van der Waals surface area contributed by atoms with Crippen LogP contribution in [0.2, 0.25) is 0 Å². The van der Waals surface area contributed by atoms with Gasteiger partial charge < -0.3 is 0 Å². The summed E-state index contributed by atoms with van der Waals surface area (Å²) in [6.45, 7) is 2.14. The minimum absolute atomic E-state index is 0.0956. The molecule has 3 rings (SSSR count). The number of hydrogen-bond acceptors (Lipinski definition) is 1. The molecule has 19 heavy (non-hydrogen) atoms. The van der Waals surface area contributed by atoms with E-state index in [1.807, 2.05) is 6.07 Å². The Balaban J connectivity index is 2.18. The van der Waals surface area contributed by atoms with E-state index in [1.54, 1.807) is 11.3 Å². The summed E-state index contributed by atoms with van der Waals surface area (Å²) >= 11 is 11.8. The largest absolute Gasteiger partial charge is 0.131 e. The fraction of sp³-hybridized carbons (Fsp3) is 0.125. The van der Waals surface area contributed by atoms with Crippen LogP contribution in [0.3, 0.4) is 0 Å². The number of fused-ring (bicyclic) bond motifs is 1. The Bertz CT molecular complexity index is 732. The van der Waals surface area contributed by atoms with Crippen LogP contribution in [0.15, 0.2) is 52.3 Å². The van der Waals surface area contributed by atoms with Crippen molar-refractivity contribution in [2.24, 2.45) is 0 Å². The first-order valence-corrected chi connectivity index (χ1v) is 8.09. The first-order chi connectivity index (χ1) is 9.16. The van der Waals surface area contributed by atoms with Gasteiger partial charge in [0.05, 0.1) is 9.16 Å². The van der Waals surface area contributed by atoms with Crippen LogP contribution in [0.1, 0.15) is 21.4 Å². The molecular formula is C16H12BrClS. The molecule has 0 bridgehead atoms. The van der Waals surface area contributed by atoms with Gasteiger partial charge in [-0.2, -0.15) is 0 Å². The van der Waals surface area contributed by atoms with E-state index in [9.17, 15) is 0 Å². The minimum atomic E-state index is -0.0956. The lowest BCUT2D eigenvalue weighted by molar-refractivity contribution is 1.20. The van der Waals surface area contributed by atoms with Crippen molar-refractivity contribution in [1.82, 2.24) is 0 Å². The van der Waals surface area contributed by atoms with Crippen LogP contribution >= 0.6 is 38.9 Å². The third-order valence-corrected chi connectivity index (χ3v) is 5.58. The summed E-state index contributed by atoms with van der Waals surface area (Å²) in [7, 11) is 0. The van der Waals surface area contributed by atoms with Gasteiger partial charge in [-0.05, 0) is 56.9 Å². The molecule has 0 N–H and O–H groups in total. The normalized spacial score (nSPS) is 12.8. The third-order valence-electron chi connectivity index (χ3n) is 3.29. The maximum Gasteiger partial charge on any atom is 0.0934 e. The fourth-order valence-electron chi connectivity index (χ4n) is 2.31. The van der Waals surface area contributed by atoms with Gasteiger partial charge in [-0.15, -0.1) is 22.9 Å². The van der Waals surface area contributed by atoms with Gasteiger partial charge in [-0.25, -0.2) is 0 Å². The zero-order valence-electron chi connectivity index (χ0n) is 10.4. The van der Waals surface area contributed by atoms with Crippen molar-refractivity contribution < 1.29 is 0 Å². The van der Waals surface area contributed by atoms with E-state index in [4.69, 9.17) is 11.6 Å². The Kier molecular flexibility index (Phi) is 3.66. The van der Waals surface area contributed by atoms with E-state index < -0.39 is 0 Å². The van der Waals surface area contributed by atoms with Crippen LogP contribution in [0.4, 0.5) is 0 Å². The molecule has 3 heteroatoms. The molecule has 1 atom stereocenters. The summed E-state index contributed by atoms with van der Waals surface area (Å²) in [5, 5.41) is 2.43. The van der Waals surface area contributed by atoms with Crippen LogP contribution < -0.4 is 0 Å². The standard InChI is InChI=1S/C16H12BrClS/c1-10-6-7-13(12-5-3-2-4-11(10)12)16(18)14-8-9-15(17)19-14/h2-9,16H,1H3.